The van der Waals surface area contributed by atoms with Gasteiger partial charge in [0.15, 0.2) is 0 Å². The number of fused-ring (bicyclic) bond motifs is 9. The quantitative estimate of drug-likeness (QED) is 0.0334. The van der Waals surface area contributed by atoms with Crippen molar-refractivity contribution in [1.29, 1.82) is 0 Å². The van der Waals surface area contributed by atoms with Crippen LogP contribution in [0.4, 0.5) is 0 Å². The number of hydrogen-bond acceptors (Lipinski definition) is 4. The second kappa shape index (κ2) is 39.3. The summed E-state index contributed by atoms with van der Waals surface area (Å²) >= 11 is 8.00. The Balaban J connectivity index is 0.782. The molecule has 4 heteroatoms. The van der Waals surface area contributed by atoms with Crippen LogP contribution in [0.2, 0.25) is 0 Å². The Labute approximate surface area is 665 Å². The topological polar surface area (TPSA) is 0 Å². The largest absolute Gasteiger partial charge is 0.134 e. The molecule has 3 aliphatic rings. The van der Waals surface area contributed by atoms with E-state index in [2.05, 4.69) is 211 Å². The van der Waals surface area contributed by atoms with E-state index in [1.807, 2.05) is 45.3 Å². The van der Waals surface area contributed by atoms with Crippen molar-refractivity contribution in [2.75, 3.05) is 0 Å². The molecule has 0 bridgehead atoms. The molecule has 566 valence electrons. The predicted molar refractivity (Wildman–Crippen MR) is 477 cm³/mol. The molecule has 0 saturated heterocycles. The van der Waals surface area contributed by atoms with E-state index in [0.717, 1.165) is 0 Å². The number of benzene rings is 6. The zero-order valence-corrected chi connectivity index (χ0v) is 70.3. The minimum atomic E-state index is -0.0339. The van der Waals surface area contributed by atoms with E-state index in [0.29, 0.717) is 0 Å². The molecule has 0 radical (unpaired) electrons. The Kier molecular flexibility index (Phi) is 29.1. The monoisotopic (exact) mass is 1490 g/mol. The number of thiophene rings is 4. The summed E-state index contributed by atoms with van der Waals surface area (Å²) in [5.41, 5.74) is 24.2. The van der Waals surface area contributed by atoms with Crippen LogP contribution >= 0.6 is 45.3 Å². The molecular formula is C103H130S4. The second-order valence-electron chi connectivity index (χ2n) is 33.1. The lowest BCUT2D eigenvalue weighted by atomic mass is 9.70. The molecule has 4 aromatic heterocycles. The lowest BCUT2D eigenvalue weighted by Crippen LogP contribution is -2.25. The van der Waals surface area contributed by atoms with Crippen LogP contribution < -0.4 is 0 Å². The van der Waals surface area contributed by atoms with Gasteiger partial charge in [-0.15, -0.1) is 45.3 Å². The van der Waals surface area contributed by atoms with Gasteiger partial charge in [0.25, 0.3) is 0 Å². The van der Waals surface area contributed by atoms with E-state index in [4.69, 9.17) is 0 Å². The molecule has 4 heterocycles. The summed E-state index contributed by atoms with van der Waals surface area (Å²) < 4.78 is 0. The Morgan fingerprint density at radius 3 is 0.598 bits per heavy atom. The molecule has 13 rings (SSSR count). The fourth-order valence-electron chi connectivity index (χ4n) is 19.8. The van der Waals surface area contributed by atoms with Crippen LogP contribution in [-0.2, 0) is 16.2 Å². The van der Waals surface area contributed by atoms with Crippen molar-refractivity contribution in [3.8, 4) is 94.7 Å². The summed E-state index contributed by atoms with van der Waals surface area (Å²) in [6.45, 7) is 14.1. The number of unbranched alkanes of at least 4 members (excludes halogenated alkanes) is 30. The van der Waals surface area contributed by atoms with Crippen LogP contribution in [0, 0.1) is 0 Å². The highest BCUT2D eigenvalue weighted by atomic mass is 32.1. The molecule has 0 nitrogen and oxygen atoms in total. The average molecular weight is 1500 g/mol. The Hall–Kier alpha value is -5.88. The Bertz CT molecular complexity index is 4080. The van der Waals surface area contributed by atoms with Crippen molar-refractivity contribution in [3.05, 3.63) is 203 Å². The van der Waals surface area contributed by atoms with E-state index < -0.39 is 0 Å². The van der Waals surface area contributed by atoms with Gasteiger partial charge in [-0.25, -0.2) is 0 Å². The molecule has 0 amide bonds. The van der Waals surface area contributed by atoms with Crippen LogP contribution in [0.1, 0.15) is 345 Å². The molecule has 0 N–H and O–H groups in total. The first-order valence-electron chi connectivity index (χ1n) is 44.0. The van der Waals surface area contributed by atoms with Gasteiger partial charge < -0.3 is 0 Å². The van der Waals surface area contributed by atoms with Gasteiger partial charge in [0.2, 0.25) is 0 Å². The third-order valence-corrected chi connectivity index (χ3v) is 30.6. The molecule has 0 fully saturated rings. The molecule has 0 saturated carbocycles. The minimum absolute atomic E-state index is 0.0339. The second-order valence-corrected chi connectivity index (χ2v) is 37.5. The highest BCUT2D eigenvalue weighted by Crippen LogP contribution is 2.60. The van der Waals surface area contributed by atoms with Crippen molar-refractivity contribution in [2.24, 2.45) is 0 Å². The Morgan fingerprint density at radius 1 is 0.178 bits per heavy atom. The van der Waals surface area contributed by atoms with Gasteiger partial charge in [-0.3, -0.25) is 0 Å². The van der Waals surface area contributed by atoms with Gasteiger partial charge >= 0.3 is 0 Å². The van der Waals surface area contributed by atoms with E-state index in [-0.39, 0.29) is 16.2 Å². The van der Waals surface area contributed by atoms with Crippen LogP contribution in [0.25, 0.3) is 94.7 Å². The standard InChI is InChI=1S/C103H130S4/c1-7-13-19-25-31-41-67-101(68-42-32-26-20-14-8-2)87-49-39-37-47-81(87)83-55-51-77(73-89(83)101)93-59-63-97(104-93)99-65-61-95(106-99)79-53-57-85-86-58-54-80(76-92(86)103(91(85)75-79,71-45-35-29-23-17-11-5)72-46-36-30-24-18-12-6)96-62-66-100(107-96)98-64-60-94(105-98)78-52-56-84-82-48-38-40-50-88(82)102(90(84)74-78,69-43-33-27-21-15-9-3)70-44-34-28-22-16-10-4/h37-40,47-66,73-76H,7-36,41-46,67-72H2,1-6H3. The lowest BCUT2D eigenvalue weighted by molar-refractivity contribution is 0.398. The molecule has 0 atom stereocenters. The van der Waals surface area contributed by atoms with E-state index >= 15 is 0 Å². The third-order valence-electron chi connectivity index (χ3n) is 25.7. The average Bonchev–Trinajstić information content (AvgIpc) is 1.58. The highest BCUT2D eigenvalue weighted by Gasteiger charge is 2.46. The van der Waals surface area contributed by atoms with Crippen LogP contribution in [-0.4, -0.2) is 0 Å². The normalized spacial score (nSPS) is 14.0. The van der Waals surface area contributed by atoms with Crippen LogP contribution in [0.3, 0.4) is 0 Å². The van der Waals surface area contributed by atoms with Crippen molar-refractivity contribution in [1.82, 2.24) is 0 Å². The maximum absolute atomic E-state index is 2.70. The van der Waals surface area contributed by atoms with Crippen LogP contribution in [0.15, 0.2) is 170 Å². The van der Waals surface area contributed by atoms with Crippen molar-refractivity contribution >= 4 is 45.3 Å². The first kappa shape index (κ1) is 79.2. The molecule has 0 spiro atoms. The molecule has 0 aliphatic heterocycles. The van der Waals surface area contributed by atoms with E-state index in [9.17, 15) is 0 Å². The fourth-order valence-corrected chi connectivity index (χ4v) is 23.9. The third kappa shape index (κ3) is 18.2. The molecule has 3 aliphatic carbocycles. The molecule has 10 aromatic rings. The van der Waals surface area contributed by atoms with Gasteiger partial charge in [0.1, 0.15) is 0 Å². The Morgan fingerprint density at radius 2 is 0.364 bits per heavy atom. The summed E-state index contributed by atoms with van der Waals surface area (Å²) in [6.07, 6.45) is 55.5. The first-order chi connectivity index (χ1) is 52.8. The highest BCUT2D eigenvalue weighted by molar-refractivity contribution is 7.26. The van der Waals surface area contributed by atoms with Gasteiger partial charge in [-0.05, 0) is 200 Å². The molecule has 0 unspecified atom stereocenters. The van der Waals surface area contributed by atoms with Gasteiger partial charge in [-0.2, -0.15) is 0 Å². The maximum Gasteiger partial charge on any atom is 0.0449 e. The number of hydrogen-bond donors (Lipinski definition) is 0. The van der Waals surface area contributed by atoms with Crippen molar-refractivity contribution < 1.29 is 0 Å². The summed E-state index contributed by atoms with van der Waals surface area (Å²) in [6, 6.07) is 69.3. The minimum Gasteiger partial charge on any atom is -0.134 e. The zero-order valence-electron chi connectivity index (χ0n) is 67.0. The van der Waals surface area contributed by atoms with Crippen molar-refractivity contribution in [3.63, 3.8) is 0 Å². The van der Waals surface area contributed by atoms with Crippen LogP contribution in [0.5, 0.6) is 0 Å². The van der Waals surface area contributed by atoms with Crippen molar-refractivity contribution in [2.45, 2.75) is 327 Å². The lowest BCUT2D eigenvalue weighted by Gasteiger charge is -2.33. The summed E-state index contributed by atoms with van der Waals surface area (Å²) in [4.78, 5) is 11.1. The molecular weight excluding hydrogens is 1370 g/mol. The summed E-state index contributed by atoms with van der Waals surface area (Å²) in [7, 11) is 0. The zero-order chi connectivity index (χ0) is 73.7. The van der Waals surface area contributed by atoms with E-state index in [1.165, 1.54) is 364 Å². The van der Waals surface area contributed by atoms with E-state index in [1.54, 1.807) is 33.4 Å². The molecule has 107 heavy (non-hydrogen) atoms. The predicted octanol–water partition coefficient (Wildman–Crippen LogP) is 35.2. The summed E-state index contributed by atoms with van der Waals surface area (Å²) in [5.74, 6) is 0. The smallest absolute Gasteiger partial charge is 0.0449 e. The first-order valence-corrected chi connectivity index (χ1v) is 47.3. The maximum atomic E-state index is 2.70. The van der Waals surface area contributed by atoms with Gasteiger partial charge in [0, 0.05) is 55.3 Å². The SMILES string of the molecule is CCCCCCCCC1(CCCCCCCC)c2ccccc2-c2ccc(-c3ccc(-c4ccc(-c5ccc6c(c5)C(CCCCCCCC)(CCCCCCCC)c5cc(-c7ccc(-c8ccc(-c9ccc%10c(c9)C(CCCCCCCC)(CCCCCCCC)c9ccccc9-%10)s8)s7)ccc5-6)s4)s3)cc21. The van der Waals surface area contributed by atoms with Gasteiger partial charge in [0.05, 0.1) is 0 Å². The molecule has 6 aromatic carbocycles. The number of rotatable bonds is 48. The summed E-state index contributed by atoms with van der Waals surface area (Å²) in [5, 5.41) is 0. The fraction of sp³-hybridized carbons (Fsp3) is 0.495. The van der Waals surface area contributed by atoms with Gasteiger partial charge in [-0.1, -0.05) is 370 Å².